The molecule has 1 amide bonds. The van der Waals surface area contributed by atoms with Gasteiger partial charge in [0.1, 0.15) is 5.82 Å². The Labute approximate surface area is 172 Å². The molecule has 8 heteroatoms. The van der Waals surface area contributed by atoms with Crippen molar-refractivity contribution in [3.63, 3.8) is 0 Å². The number of nitrogens with zero attached hydrogens (tertiary/aromatic N) is 4. The molecule has 148 valence electrons. The van der Waals surface area contributed by atoms with Gasteiger partial charge in [-0.1, -0.05) is 48.0 Å². The molecule has 1 aliphatic heterocycles. The van der Waals surface area contributed by atoms with E-state index in [9.17, 15) is 9.59 Å². The molecule has 1 aromatic heterocycles. The number of ether oxygens (including phenoxy) is 1. The number of carbonyl (C=O) groups excluding carboxylic acids is 2. The lowest BCUT2D eigenvalue weighted by Gasteiger charge is -2.34. The topological polar surface area (TPSA) is 77.3 Å². The normalized spacial score (nSPS) is 15.7. The van der Waals surface area contributed by atoms with Crippen LogP contribution in [0.15, 0.2) is 48.5 Å². The highest BCUT2D eigenvalue weighted by molar-refractivity contribution is 6.32. The monoisotopic (exact) mass is 410 g/mol. The number of hydrogen-bond acceptors (Lipinski definition) is 5. The van der Waals surface area contributed by atoms with Crippen LogP contribution in [0, 0.1) is 6.92 Å². The lowest BCUT2D eigenvalue weighted by Crippen LogP contribution is -2.44. The number of aryl methyl sites for hydroxylation is 1. The third kappa shape index (κ3) is 3.38. The fourth-order valence-electron chi connectivity index (χ4n) is 3.61. The summed E-state index contributed by atoms with van der Waals surface area (Å²) in [4.78, 5) is 31.6. The van der Waals surface area contributed by atoms with Crippen LogP contribution >= 0.6 is 11.6 Å². The summed E-state index contributed by atoms with van der Waals surface area (Å²) in [7, 11) is 1.32. The second kappa shape index (κ2) is 7.67. The zero-order valence-electron chi connectivity index (χ0n) is 16.0. The number of rotatable bonds is 3. The smallest absolute Gasteiger partial charge is 0.333 e. The lowest BCUT2D eigenvalue weighted by molar-refractivity contribution is -0.146. The molecule has 29 heavy (non-hydrogen) atoms. The van der Waals surface area contributed by atoms with E-state index in [2.05, 4.69) is 10.1 Å². The molecule has 2 aromatic carbocycles. The first-order chi connectivity index (χ1) is 14.0. The Morgan fingerprint density at radius 2 is 1.86 bits per heavy atom. The minimum Gasteiger partial charge on any atom is -0.467 e. The van der Waals surface area contributed by atoms with Gasteiger partial charge in [0.05, 0.1) is 17.8 Å². The van der Waals surface area contributed by atoms with Crippen LogP contribution in [0.2, 0.25) is 5.02 Å². The molecule has 0 aliphatic carbocycles. The van der Waals surface area contributed by atoms with E-state index in [0.717, 1.165) is 11.1 Å². The molecule has 2 heterocycles. The minimum absolute atomic E-state index is 0.00991. The molecule has 0 N–H and O–H groups in total. The third-order valence-corrected chi connectivity index (χ3v) is 5.33. The molecule has 1 atom stereocenters. The summed E-state index contributed by atoms with van der Waals surface area (Å²) in [5.41, 5.74) is 2.42. The summed E-state index contributed by atoms with van der Waals surface area (Å²) in [6, 6.07) is 13.9. The van der Waals surface area contributed by atoms with Gasteiger partial charge in [0.2, 0.25) is 5.82 Å². The van der Waals surface area contributed by atoms with Crippen molar-refractivity contribution in [3.05, 3.63) is 76.3 Å². The molecular weight excluding hydrogens is 392 g/mol. The van der Waals surface area contributed by atoms with Crippen LogP contribution in [-0.2, 0) is 16.0 Å². The van der Waals surface area contributed by atoms with E-state index in [4.69, 9.17) is 16.3 Å². The number of esters is 1. The quantitative estimate of drug-likeness (QED) is 0.620. The Morgan fingerprint density at radius 1 is 1.14 bits per heavy atom. The van der Waals surface area contributed by atoms with Crippen molar-refractivity contribution in [2.45, 2.75) is 19.4 Å². The molecule has 1 aliphatic rings. The van der Waals surface area contributed by atoms with Crippen molar-refractivity contribution in [1.82, 2.24) is 19.7 Å². The van der Waals surface area contributed by atoms with Crippen LogP contribution in [0.4, 0.5) is 0 Å². The molecular formula is C21H19ClN4O3. The highest BCUT2D eigenvalue weighted by Gasteiger charge is 2.38. The molecule has 0 radical (unpaired) electrons. The zero-order valence-corrected chi connectivity index (χ0v) is 16.8. The highest BCUT2D eigenvalue weighted by atomic mass is 35.5. The highest BCUT2D eigenvalue weighted by Crippen LogP contribution is 2.31. The Hall–Kier alpha value is -3.19. The van der Waals surface area contributed by atoms with E-state index < -0.39 is 17.9 Å². The predicted molar refractivity (Wildman–Crippen MR) is 107 cm³/mol. The Balaban J connectivity index is 1.72. The first kappa shape index (κ1) is 19.1. The van der Waals surface area contributed by atoms with Gasteiger partial charge in [-0.2, -0.15) is 0 Å². The van der Waals surface area contributed by atoms with Crippen LogP contribution < -0.4 is 0 Å². The van der Waals surface area contributed by atoms with Crippen LogP contribution in [0.5, 0.6) is 0 Å². The van der Waals surface area contributed by atoms with Gasteiger partial charge in [0, 0.05) is 6.54 Å². The fraction of sp³-hybridized carbons (Fsp3) is 0.238. The Kier molecular flexibility index (Phi) is 5.07. The van der Waals surface area contributed by atoms with Crippen molar-refractivity contribution >= 4 is 23.5 Å². The van der Waals surface area contributed by atoms with Crippen molar-refractivity contribution in [2.75, 3.05) is 13.7 Å². The van der Waals surface area contributed by atoms with Crippen molar-refractivity contribution in [2.24, 2.45) is 0 Å². The second-order valence-electron chi connectivity index (χ2n) is 6.72. The standard InChI is InChI=1S/C21H19ClN4O3/c1-13-23-19(24-26(13)17-10-6-5-9-16(17)22)20(27)25-12-11-14-7-3-4-8-15(14)18(25)21(28)29-2/h3-10,18H,11-12H2,1-2H3. The summed E-state index contributed by atoms with van der Waals surface area (Å²) in [5, 5.41) is 4.87. The zero-order chi connectivity index (χ0) is 20.5. The summed E-state index contributed by atoms with van der Waals surface area (Å²) >= 11 is 6.26. The van der Waals surface area contributed by atoms with Crippen LogP contribution in [0.3, 0.4) is 0 Å². The van der Waals surface area contributed by atoms with E-state index in [1.807, 2.05) is 36.4 Å². The van der Waals surface area contributed by atoms with E-state index in [-0.39, 0.29) is 5.82 Å². The molecule has 7 nitrogen and oxygen atoms in total. The Morgan fingerprint density at radius 3 is 2.62 bits per heavy atom. The van der Waals surface area contributed by atoms with Crippen LogP contribution in [0.25, 0.3) is 5.69 Å². The van der Waals surface area contributed by atoms with E-state index in [1.165, 1.54) is 16.7 Å². The van der Waals surface area contributed by atoms with Crippen molar-refractivity contribution in [1.29, 1.82) is 0 Å². The molecule has 1 unspecified atom stereocenters. The number of para-hydroxylation sites is 1. The van der Waals surface area contributed by atoms with E-state index in [1.54, 1.807) is 19.1 Å². The molecule has 0 spiro atoms. The maximum absolute atomic E-state index is 13.3. The van der Waals surface area contributed by atoms with Crippen LogP contribution in [-0.4, -0.2) is 45.2 Å². The van der Waals surface area contributed by atoms with Crippen molar-refractivity contribution < 1.29 is 14.3 Å². The first-order valence-electron chi connectivity index (χ1n) is 9.16. The average molecular weight is 411 g/mol. The molecule has 4 rings (SSSR count). The second-order valence-corrected chi connectivity index (χ2v) is 7.13. The molecule has 3 aromatic rings. The lowest BCUT2D eigenvalue weighted by atomic mass is 9.92. The third-order valence-electron chi connectivity index (χ3n) is 5.01. The fourth-order valence-corrected chi connectivity index (χ4v) is 3.83. The average Bonchev–Trinajstić information content (AvgIpc) is 3.13. The summed E-state index contributed by atoms with van der Waals surface area (Å²) in [6.07, 6.45) is 0.639. The maximum Gasteiger partial charge on any atom is 0.333 e. The van der Waals surface area contributed by atoms with Gasteiger partial charge in [0.25, 0.3) is 5.91 Å². The largest absolute Gasteiger partial charge is 0.467 e. The maximum atomic E-state index is 13.3. The molecule has 0 fully saturated rings. The molecule has 0 saturated carbocycles. The molecule has 0 bridgehead atoms. The van der Waals surface area contributed by atoms with Gasteiger partial charge in [-0.05, 0) is 36.6 Å². The van der Waals surface area contributed by atoms with Crippen LogP contribution in [0.1, 0.15) is 33.6 Å². The van der Waals surface area contributed by atoms with Gasteiger partial charge in [-0.3, -0.25) is 4.79 Å². The summed E-state index contributed by atoms with van der Waals surface area (Å²) in [5.74, 6) is -0.388. The SMILES string of the molecule is COC(=O)C1c2ccccc2CCN1C(=O)c1nc(C)n(-c2ccccc2Cl)n1. The predicted octanol–water partition coefficient (Wildman–Crippen LogP) is 3.14. The number of carbonyl (C=O) groups is 2. The Bertz CT molecular complexity index is 1100. The number of halogens is 1. The summed E-state index contributed by atoms with van der Waals surface area (Å²) in [6.45, 7) is 2.12. The number of aromatic nitrogens is 3. The van der Waals surface area contributed by atoms with Gasteiger partial charge in [-0.25, -0.2) is 14.5 Å². The van der Waals surface area contributed by atoms with Gasteiger partial charge in [0.15, 0.2) is 6.04 Å². The summed E-state index contributed by atoms with van der Waals surface area (Å²) < 4.78 is 6.51. The number of amides is 1. The number of hydrogen-bond donors (Lipinski definition) is 0. The van der Waals surface area contributed by atoms with Gasteiger partial charge in [-0.15, -0.1) is 5.10 Å². The van der Waals surface area contributed by atoms with Gasteiger partial charge >= 0.3 is 5.97 Å². The van der Waals surface area contributed by atoms with E-state index in [0.29, 0.717) is 29.5 Å². The first-order valence-corrected chi connectivity index (χ1v) is 9.54. The van der Waals surface area contributed by atoms with Gasteiger partial charge < -0.3 is 9.64 Å². The number of methoxy groups -OCH3 is 1. The minimum atomic E-state index is -0.829. The van der Waals surface area contributed by atoms with E-state index >= 15 is 0 Å². The molecule has 0 saturated heterocycles. The number of benzene rings is 2. The number of fused-ring (bicyclic) bond motifs is 1. The van der Waals surface area contributed by atoms with Crippen molar-refractivity contribution in [3.8, 4) is 5.69 Å².